The van der Waals surface area contributed by atoms with Crippen molar-refractivity contribution in [3.8, 4) is 6.07 Å². The van der Waals surface area contributed by atoms with E-state index in [0.717, 1.165) is 16.6 Å². The molecule has 0 aliphatic rings. The molecule has 1 heterocycles. The number of nitriles is 1. The van der Waals surface area contributed by atoms with E-state index in [-0.39, 0.29) is 5.25 Å². The molecule has 0 fully saturated rings. The van der Waals surface area contributed by atoms with E-state index in [2.05, 4.69) is 22.4 Å². The van der Waals surface area contributed by atoms with Crippen LogP contribution >= 0.6 is 23.3 Å². The molecule has 0 saturated heterocycles. The fraction of sp³-hybridized carbons (Fsp3) is 0.700. The maximum absolute atomic E-state index is 8.84. The predicted molar refractivity (Wildman–Crippen MR) is 67.4 cm³/mol. The van der Waals surface area contributed by atoms with Crippen LogP contribution in [0.1, 0.15) is 33.0 Å². The van der Waals surface area contributed by atoms with Gasteiger partial charge < -0.3 is 5.73 Å². The first-order valence-corrected chi connectivity index (χ1v) is 6.81. The minimum Gasteiger partial charge on any atom is -0.314 e. The number of rotatable bonds is 5. The molecule has 0 aromatic carbocycles. The van der Waals surface area contributed by atoms with Gasteiger partial charge in [0.2, 0.25) is 0 Å². The van der Waals surface area contributed by atoms with E-state index in [0.29, 0.717) is 6.42 Å². The lowest BCUT2D eigenvalue weighted by Crippen LogP contribution is -2.36. The second kappa shape index (κ2) is 5.62. The smallest absolute Gasteiger partial charge is 0.170 e. The van der Waals surface area contributed by atoms with Gasteiger partial charge in [-0.15, -0.1) is 0 Å². The van der Waals surface area contributed by atoms with Crippen LogP contribution in [0.5, 0.6) is 0 Å². The first-order valence-electron chi connectivity index (χ1n) is 5.16. The van der Waals surface area contributed by atoms with Crippen LogP contribution in [0, 0.1) is 11.3 Å². The molecule has 0 aliphatic carbocycles. The second-order valence-corrected chi connectivity index (χ2v) is 6.43. The van der Waals surface area contributed by atoms with Gasteiger partial charge in [-0.05, 0) is 24.9 Å². The van der Waals surface area contributed by atoms with E-state index < -0.39 is 5.54 Å². The van der Waals surface area contributed by atoms with Crippen molar-refractivity contribution in [2.24, 2.45) is 5.73 Å². The summed E-state index contributed by atoms with van der Waals surface area (Å²) < 4.78 is 5.17. The molecule has 0 amide bonds. The summed E-state index contributed by atoms with van der Waals surface area (Å²) in [6, 6.07) is 2.11. The molecule has 0 aliphatic heterocycles. The van der Waals surface area contributed by atoms with E-state index in [9.17, 15) is 0 Å². The van der Waals surface area contributed by atoms with Gasteiger partial charge in [0, 0.05) is 11.7 Å². The number of hydrogen-bond acceptors (Lipinski definition) is 6. The van der Waals surface area contributed by atoms with Gasteiger partial charge in [0.25, 0.3) is 0 Å². The lowest BCUT2D eigenvalue weighted by molar-refractivity contribution is 0.545. The molecular weight excluding hydrogens is 240 g/mol. The molecular formula is C10H16N4S2. The van der Waals surface area contributed by atoms with Crippen molar-refractivity contribution in [3.05, 3.63) is 5.82 Å². The Kier molecular flexibility index (Phi) is 4.71. The molecule has 6 heteroatoms. The SMILES string of the molecule is CCc1nsc(SC(C)CC(C)(N)C#N)n1. The molecule has 0 spiro atoms. The van der Waals surface area contributed by atoms with Crippen molar-refractivity contribution in [1.29, 1.82) is 5.26 Å². The van der Waals surface area contributed by atoms with Crippen molar-refractivity contribution in [2.45, 2.75) is 48.7 Å². The molecule has 0 saturated carbocycles. The van der Waals surface area contributed by atoms with Crippen LogP contribution < -0.4 is 5.73 Å². The topological polar surface area (TPSA) is 75.6 Å². The first-order chi connectivity index (χ1) is 7.46. The molecule has 0 bridgehead atoms. The molecule has 1 rings (SSSR count). The lowest BCUT2D eigenvalue weighted by atomic mass is 10.00. The van der Waals surface area contributed by atoms with Crippen LogP contribution in [-0.2, 0) is 6.42 Å². The van der Waals surface area contributed by atoms with E-state index in [1.807, 2.05) is 6.92 Å². The average molecular weight is 256 g/mol. The zero-order chi connectivity index (χ0) is 12.2. The van der Waals surface area contributed by atoms with Crippen molar-refractivity contribution >= 4 is 23.3 Å². The highest BCUT2D eigenvalue weighted by molar-refractivity contribution is 8.01. The number of hydrogen-bond donors (Lipinski definition) is 1. The van der Waals surface area contributed by atoms with Crippen LogP contribution in [0.3, 0.4) is 0 Å². The maximum atomic E-state index is 8.84. The predicted octanol–water partition coefficient (Wildman–Crippen LogP) is 2.21. The van der Waals surface area contributed by atoms with E-state index in [4.69, 9.17) is 11.0 Å². The van der Waals surface area contributed by atoms with Gasteiger partial charge in [-0.2, -0.15) is 9.64 Å². The van der Waals surface area contributed by atoms with E-state index >= 15 is 0 Å². The summed E-state index contributed by atoms with van der Waals surface area (Å²) in [6.07, 6.45) is 1.51. The summed E-state index contributed by atoms with van der Waals surface area (Å²) in [5.74, 6) is 0.885. The fourth-order valence-corrected chi connectivity index (χ4v) is 3.49. The normalized spacial score (nSPS) is 16.4. The monoisotopic (exact) mass is 256 g/mol. The molecule has 88 valence electrons. The summed E-state index contributed by atoms with van der Waals surface area (Å²) in [5.41, 5.74) is 5.04. The molecule has 16 heavy (non-hydrogen) atoms. The summed E-state index contributed by atoms with van der Waals surface area (Å²) >= 11 is 3.05. The largest absolute Gasteiger partial charge is 0.314 e. The molecule has 2 N–H and O–H groups in total. The number of aromatic nitrogens is 2. The summed E-state index contributed by atoms with van der Waals surface area (Å²) in [4.78, 5) is 4.37. The average Bonchev–Trinajstić information content (AvgIpc) is 2.64. The Morgan fingerprint density at radius 1 is 1.69 bits per heavy atom. The van der Waals surface area contributed by atoms with Gasteiger partial charge in [-0.1, -0.05) is 25.6 Å². The van der Waals surface area contributed by atoms with Gasteiger partial charge >= 0.3 is 0 Å². The quantitative estimate of drug-likeness (QED) is 0.817. The van der Waals surface area contributed by atoms with E-state index in [1.54, 1.807) is 18.7 Å². The first kappa shape index (κ1) is 13.4. The Morgan fingerprint density at radius 3 is 2.88 bits per heavy atom. The van der Waals surface area contributed by atoms with Gasteiger partial charge in [0.05, 0.1) is 6.07 Å². The molecule has 1 aromatic rings. The Morgan fingerprint density at radius 2 is 2.38 bits per heavy atom. The molecule has 1 aromatic heterocycles. The number of thioether (sulfide) groups is 1. The summed E-state index contributed by atoms with van der Waals surface area (Å²) in [6.45, 7) is 5.84. The Labute approximate surface area is 104 Å². The van der Waals surface area contributed by atoms with Crippen LogP contribution in [0.15, 0.2) is 4.34 Å². The highest BCUT2D eigenvalue weighted by atomic mass is 32.2. The third-order valence-electron chi connectivity index (χ3n) is 2.03. The Hall–Kier alpha value is -0.640. The third-order valence-corrected chi connectivity index (χ3v) is 3.96. The lowest BCUT2D eigenvalue weighted by Gasteiger charge is -2.18. The summed E-state index contributed by atoms with van der Waals surface area (Å²) in [7, 11) is 0. The second-order valence-electron chi connectivity index (χ2n) is 3.99. The van der Waals surface area contributed by atoms with Gasteiger partial charge in [0.15, 0.2) is 4.34 Å². The molecule has 4 nitrogen and oxygen atoms in total. The Balaban J connectivity index is 2.52. The number of nitrogens with zero attached hydrogens (tertiary/aromatic N) is 3. The van der Waals surface area contributed by atoms with Crippen LogP contribution in [0.2, 0.25) is 0 Å². The zero-order valence-electron chi connectivity index (χ0n) is 9.73. The van der Waals surface area contributed by atoms with Gasteiger partial charge in [-0.25, -0.2) is 4.98 Å². The standard InChI is InChI=1S/C10H16N4S2/c1-4-8-13-9(16-14-8)15-7(2)5-10(3,12)6-11/h7H,4-5,12H2,1-3H3. The van der Waals surface area contributed by atoms with Crippen molar-refractivity contribution in [3.63, 3.8) is 0 Å². The highest BCUT2D eigenvalue weighted by Crippen LogP contribution is 2.29. The van der Waals surface area contributed by atoms with Crippen LogP contribution in [0.25, 0.3) is 0 Å². The summed E-state index contributed by atoms with van der Waals surface area (Å²) in [5, 5.41) is 9.11. The number of aryl methyl sites for hydroxylation is 1. The third kappa shape index (κ3) is 4.08. The van der Waals surface area contributed by atoms with Gasteiger partial charge in [-0.3, -0.25) is 0 Å². The fourth-order valence-electron chi connectivity index (χ4n) is 1.29. The molecule has 2 unspecified atom stereocenters. The van der Waals surface area contributed by atoms with Crippen molar-refractivity contribution in [2.75, 3.05) is 0 Å². The Bertz CT molecular complexity index is 380. The van der Waals surface area contributed by atoms with Crippen LogP contribution in [0.4, 0.5) is 0 Å². The molecule has 2 atom stereocenters. The highest BCUT2D eigenvalue weighted by Gasteiger charge is 2.22. The van der Waals surface area contributed by atoms with Crippen LogP contribution in [-0.4, -0.2) is 20.1 Å². The van der Waals surface area contributed by atoms with Crippen molar-refractivity contribution in [1.82, 2.24) is 9.36 Å². The minimum absolute atomic E-state index is 0.271. The number of nitrogens with two attached hydrogens (primary N) is 1. The maximum Gasteiger partial charge on any atom is 0.170 e. The molecule has 0 radical (unpaired) electrons. The van der Waals surface area contributed by atoms with E-state index in [1.165, 1.54) is 11.5 Å². The minimum atomic E-state index is -0.759. The van der Waals surface area contributed by atoms with Crippen molar-refractivity contribution < 1.29 is 0 Å². The van der Waals surface area contributed by atoms with Gasteiger partial charge in [0.1, 0.15) is 11.4 Å². The zero-order valence-corrected chi connectivity index (χ0v) is 11.4.